The molecule has 0 amide bonds. The van der Waals surface area contributed by atoms with E-state index in [-0.39, 0.29) is 16.4 Å². The van der Waals surface area contributed by atoms with Gasteiger partial charge in [0.2, 0.25) is 0 Å². The van der Waals surface area contributed by atoms with Crippen LogP contribution in [0.25, 0.3) is 0 Å². The number of rotatable bonds is 4. The van der Waals surface area contributed by atoms with Crippen LogP contribution in [0.5, 0.6) is 0 Å². The fraction of sp³-hybridized carbons (Fsp3) is 0.643. The Bertz CT molecular complexity index is 513. The Labute approximate surface area is 122 Å². The van der Waals surface area contributed by atoms with Crippen LogP contribution in [-0.4, -0.2) is 23.3 Å². The second kappa shape index (κ2) is 6.35. The third-order valence-corrected chi connectivity index (χ3v) is 5.11. The molecule has 1 aromatic rings. The van der Waals surface area contributed by atoms with Gasteiger partial charge in [0.25, 0.3) is 0 Å². The minimum atomic E-state index is -0.365. The molecule has 0 bridgehead atoms. The number of nitrogens with zero attached hydrogens (tertiary/aromatic N) is 2. The van der Waals surface area contributed by atoms with E-state index in [1.165, 1.54) is 37.2 Å². The summed E-state index contributed by atoms with van der Waals surface area (Å²) in [6, 6.07) is 1.77. The van der Waals surface area contributed by atoms with E-state index in [9.17, 15) is 14.9 Å². The highest BCUT2D eigenvalue weighted by Gasteiger charge is 2.29. The van der Waals surface area contributed by atoms with E-state index < -0.39 is 0 Å². The van der Waals surface area contributed by atoms with Crippen molar-refractivity contribution in [1.82, 2.24) is 0 Å². The minimum Gasteiger partial charge on any atom is -0.355 e. The quantitative estimate of drug-likeness (QED) is 0.478. The number of Topliss-reactive ketones (excluding diaryl/α,β-unsaturated/α-hetero) is 1. The van der Waals surface area contributed by atoms with Crippen molar-refractivity contribution in [3.63, 3.8) is 0 Å². The Morgan fingerprint density at radius 1 is 1.50 bits per heavy atom. The predicted octanol–water partition coefficient (Wildman–Crippen LogP) is 4.02. The van der Waals surface area contributed by atoms with Crippen molar-refractivity contribution in [3.8, 4) is 0 Å². The molecule has 1 atom stereocenters. The molecule has 0 aliphatic carbocycles. The molecule has 6 heteroatoms. The molecular weight excluding hydrogens is 276 g/mol. The Balaban J connectivity index is 2.42. The van der Waals surface area contributed by atoms with E-state index in [4.69, 9.17) is 0 Å². The zero-order chi connectivity index (χ0) is 14.7. The largest absolute Gasteiger partial charge is 0.355 e. The highest BCUT2D eigenvalue weighted by Crippen LogP contribution is 2.40. The van der Waals surface area contributed by atoms with Gasteiger partial charge in [-0.1, -0.05) is 19.8 Å². The van der Waals surface area contributed by atoms with Crippen molar-refractivity contribution < 1.29 is 9.72 Å². The molecule has 20 heavy (non-hydrogen) atoms. The fourth-order valence-electron chi connectivity index (χ4n) is 2.75. The van der Waals surface area contributed by atoms with E-state index in [0.717, 1.165) is 25.8 Å². The molecule has 1 aromatic heterocycles. The van der Waals surface area contributed by atoms with Gasteiger partial charge in [0.1, 0.15) is 0 Å². The predicted molar refractivity (Wildman–Crippen MR) is 80.9 cm³/mol. The van der Waals surface area contributed by atoms with Gasteiger partial charge >= 0.3 is 5.69 Å². The van der Waals surface area contributed by atoms with E-state index >= 15 is 0 Å². The minimum absolute atomic E-state index is 0.0838. The maximum atomic E-state index is 11.5. The highest BCUT2D eigenvalue weighted by atomic mass is 32.1. The van der Waals surface area contributed by atoms with E-state index in [2.05, 4.69) is 11.8 Å². The van der Waals surface area contributed by atoms with Gasteiger partial charge in [-0.05, 0) is 26.2 Å². The summed E-state index contributed by atoms with van der Waals surface area (Å²) in [4.78, 5) is 25.0. The van der Waals surface area contributed by atoms with Gasteiger partial charge in [-0.25, -0.2) is 0 Å². The number of hydrogen-bond donors (Lipinski definition) is 0. The molecule has 110 valence electrons. The molecule has 2 heterocycles. The Hall–Kier alpha value is -1.43. The van der Waals surface area contributed by atoms with Gasteiger partial charge in [0.15, 0.2) is 10.8 Å². The summed E-state index contributed by atoms with van der Waals surface area (Å²) in [6.07, 6.45) is 5.45. The van der Waals surface area contributed by atoms with Crippen LogP contribution in [0.1, 0.15) is 55.6 Å². The molecule has 0 aromatic carbocycles. The van der Waals surface area contributed by atoms with Crippen molar-refractivity contribution in [1.29, 1.82) is 0 Å². The maximum Gasteiger partial charge on any atom is 0.304 e. The fourth-order valence-corrected chi connectivity index (χ4v) is 3.87. The monoisotopic (exact) mass is 296 g/mol. The first-order valence-corrected chi connectivity index (χ1v) is 7.92. The summed E-state index contributed by atoms with van der Waals surface area (Å²) in [7, 11) is 0. The normalized spacial score (nSPS) is 19.7. The summed E-state index contributed by atoms with van der Waals surface area (Å²) in [6.45, 7) is 4.42. The summed E-state index contributed by atoms with van der Waals surface area (Å²) in [5.41, 5.74) is 0.0838. The number of anilines is 1. The molecule has 1 unspecified atom stereocenters. The number of hydrogen-bond acceptors (Lipinski definition) is 5. The molecule has 2 rings (SSSR count). The SMILES string of the molecule is CCC1CCCCCN1c1sc(C(C)=O)cc1[N+](=O)[O-]. The van der Waals surface area contributed by atoms with Crippen LogP contribution in [0, 0.1) is 10.1 Å². The van der Waals surface area contributed by atoms with E-state index in [0.29, 0.717) is 15.9 Å². The second-order valence-electron chi connectivity index (χ2n) is 5.22. The highest BCUT2D eigenvalue weighted by molar-refractivity contribution is 7.18. The molecule has 5 nitrogen and oxygen atoms in total. The number of thiophene rings is 1. The van der Waals surface area contributed by atoms with Crippen molar-refractivity contribution in [2.45, 2.75) is 52.0 Å². The molecule has 0 spiro atoms. The Kier molecular flexibility index (Phi) is 4.75. The molecule has 1 saturated heterocycles. The zero-order valence-corrected chi connectivity index (χ0v) is 12.7. The van der Waals surface area contributed by atoms with Crippen LogP contribution < -0.4 is 4.90 Å². The number of nitro groups is 1. The zero-order valence-electron chi connectivity index (χ0n) is 11.9. The lowest BCUT2D eigenvalue weighted by molar-refractivity contribution is -0.383. The lowest BCUT2D eigenvalue weighted by Crippen LogP contribution is -2.34. The van der Waals surface area contributed by atoms with Crippen molar-refractivity contribution in [2.24, 2.45) is 0 Å². The number of carbonyl (C=O) groups is 1. The molecule has 0 radical (unpaired) electrons. The average Bonchev–Trinajstić information content (AvgIpc) is 2.72. The van der Waals surface area contributed by atoms with Crippen LogP contribution in [-0.2, 0) is 0 Å². The van der Waals surface area contributed by atoms with Gasteiger partial charge in [0.05, 0.1) is 9.80 Å². The Morgan fingerprint density at radius 2 is 2.25 bits per heavy atom. The molecule has 0 saturated carbocycles. The first kappa shape index (κ1) is 15.0. The first-order valence-electron chi connectivity index (χ1n) is 7.10. The third-order valence-electron chi connectivity index (χ3n) is 3.85. The lowest BCUT2D eigenvalue weighted by Gasteiger charge is -2.29. The lowest BCUT2D eigenvalue weighted by atomic mass is 10.1. The van der Waals surface area contributed by atoms with E-state index in [1.807, 2.05) is 0 Å². The molecule has 0 N–H and O–H groups in total. The van der Waals surface area contributed by atoms with Gasteiger partial charge in [-0.2, -0.15) is 0 Å². The molecule has 1 fully saturated rings. The maximum absolute atomic E-state index is 11.5. The molecule has 1 aliphatic heterocycles. The second-order valence-corrected chi connectivity index (χ2v) is 6.25. The van der Waals surface area contributed by atoms with Gasteiger partial charge in [0, 0.05) is 18.7 Å². The van der Waals surface area contributed by atoms with Crippen LogP contribution in [0.15, 0.2) is 6.07 Å². The van der Waals surface area contributed by atoms with Crippen LogP contribution in [0.3, 0.4) is 0 Å². The summed E-state index contributed by atoms with van der Waals surface area (Å²) in [5, 5.41) is 11.9. The number of carbonyl (C=O) groups excluding carboxylic acids is 1. The topological polar surface area (TPSA) is 63.5 Å². The molecular formula is C14H20N2O3S. The standard InChI is InChI=1S/C14H20N2O3S/c1-3-11-7-5-4-6-8-15(11)14-12(16(18)19)9-13(20-14)10(2)17/h9,11H,3-8H2,1-2H3. The van der Waals surface area contributed by atoms with Crippen LogP contribution in [0.4, 0.5) is 10.7 Å². The van der Waals surface area contributed by atoms with Crippen molar-refractivity contribution in [3.05, 3.63) is 21.1 Å². The number of ketones is 1. The van der Waals surface area contributed by atoms with Crippen LogP contribution >= 0.6 is 11.3 Å². The summed E-state index contributed by atoms with van der Waals surface area (Å²) < 4.78 is 0. The first-order chi connectivity index (χ1) is 9.54. The third kappa shape index (κ3) is 3.00. The van der Waals surface area contributed by atoms with Gasteiger partial charge < -0.3 is 4.90 Å². The smallest absolute Gasteiger partial charge is 0.304 e. The van der Waals surface area contributed by atoms with E-state index in [1.54, 1.807) is 0 Å². The summed E-state index contributed by atoms with van der Waals surface area (Å²) in [5.74, 6) is -0.104. The van der Waals surface area contributed by atoms with Crippen LogP contribution in [0.2, 0.25) is 0 Å². The van der Waals surface area contributed by atoms with Gasteiger partial charge in [-0.3, -0.25) is 14.9 Å². The average molecular weight is 296 g/mol. The molecule has 1 aliphatic rings. The summed E-state index contributed by atoms with van der Waals surface area (Å²) >= 11 is 1.27. The Morgan fingerprint density at radius 3 is 2.85 bits per heavy atom. The van der Waals surface area contributed by atoms with Crippen molar-refractivity contribution >= 4 is 27.8 Å². The van der Waals surface area contributed by atoms with Crippen molar-refractivity contribution in [2.75, 3.05) is 11.4 Å². The van der Waals surface area contributed by atoms with Gasteiger partial charge in [-0.15, -0.1) is 11.3 Å².